The smallest absolute Gasteiger partial charge is 0.315 e. The van der Waals surface area contributed by atoms with Gasteiger partial charge in [0.2, 0.25) is 0 Å². The highest BCUT2D eigenvalue weighted by molar-refractivity contribution is 5.75. The molecule has 1 aliphatic rings. The van der Waals surface area contributed by atoms with Crippen LogP contribution >= 0.6 is 0 Å². The van der Waals surface area contributed by atoms with Crippen LogP contribution in [0.3, 0.4) is 0 Å². The first-order valence-electron chi connectivity index (χ1n) is 5.42. The van der Waals surface area contributed by atoms with Crippen molar-refractivity contribution in [3.05, 3.63) is 0 Å². The fraction of sp³-hybridized carbons (Fsp3) is 0.800. The summed E-state index contributed by atoms with van der Waals surface area (Å²) in [6.45, 7) is 0.144. The lowest BCUT2D eigenvalue weighted by Gasteiger charge is -2.19. The summed E-state index contributed by atoms with van der Waals surface area (Å²) in [5.41, 5.74) is 0. The standard InChI is InChI=1S/C10H18N2O4/c1-16-8-4-2-3-7(8)12-10(15)11-6-5-9(13)14/h7-8H,2-6H2,1H3,(H,13,14)(H2,11,12,15). The van der Waals surface area contributed by atoms with Gasteiger partial charge >= 0.3 is 12.0 Å². The molecule has 6 heteroatoms. The molecular weight excluding hydrogens is 212 g/mol. The Kier molecular flexibility index (Phi) is 5.04. The highest BCUT2D eigenvalue weighted by Gasteiger charge is 2.28. The zero-order chi connectivity index (χ0) is 12.0. The van der Waals surface area contributed by atoms with Gasteiger partial charge in [-0.2, -0.15) is 0 Å². The molecule has 0 spiro atoms. The van der Waals surface area contributed by atoms with Gasteiger partial charge in [-0.25, -0.2) is 4.79 Å². The first-order chi connectivity index (χ1) is 7.63. The van der Waals surface area contributed by atoms with Crippen molar-refractivity contribution in [1.29, 1.82) is 0 Å². The Bertz CT molecular complexity index is 257. The monoisotopic (exact) mass is 230 g/mol. The zero-order valence-corrected chi connectivity index (χ0v) is 9.36. The van der Waals surface area contributed by atoms with Crippen LogP contribution in [-0.2, 0) is 9.53 Å². The highest BCUT2D eigenvalue weighted by Crippen LogP contribution is 2.21. The molecule has 0 heterocycles. The van der Waals surface area contributed by atoms with Crippen LogP contribution < -0.4 is 10.6 Å². The third-order valence-electron chi connectivity index (χ3n) is 2.70. The Morgan fingerprint density at radius 2 is 2.19 bits per heavy atom. The van der Waals surface area contributed by atoms with Gasteiger partial charge in [0.05, 0.1) is 18.6 Å². The second-order valence-electron chi connectivity index (χ2n) is 3.86. The lowest BCUT2D eigenvalue weighted by atomic mass is 10.2. The van der Waals surface area contributed by atoms with Gasteiger partial charge in [-0.1, -0.05) is 0 Å². The van der Waals surface area contributed by atoms with E-state index < -0.39 is 5.97 Å². The second-order valence-corrected chi connectivity index (χ2v) is 3.86. The Balaban J connectivity index is 2.20. The summed E-state index contributed by atoms with van der Waals surface area (Å²) < 4.78 is 5.23. The Morgan fingerprint density at radius 3 is 2.81 bits per heavy atom. The summed E-state index contributed by atoms with van der Waals surface area (Å²) in [7, 11) is 1.63. The van der Waals surface area contributed by atoms with Crippen LogP contribution in [0.4, 0.5) is 4.79 Å². The summed E-state index contributed by atoms with van der Waals surface area (Å²) in [5, 5.41) is 13.7. The third kappa shape index (κ3) is 4.06. The van der Waals surface area contributed by atoms with Crippen LogP contribution in [0.15, 0.2) is 0 Å². The van der Waals surface area contributed by atoms with E-state index in [0.717, 1.165) is 19.3 Å². The first-order valence-corrected chi connectivity index (χ1v) is 5.42. The predicted molar refractivity (Wildman–Crippen MR) is 57.2 cm³/mol. The summed E-state index contributed by atoms with van der Waals surface area (Å²) in [5.74, 6) is -0.920. The van der Waals surface area contributed by atoms with E-state index in [0.29, 0.717) is 0 Å². The fourth-order valence-corrected chi connectivity index (χ4v) is 1.88. The largest absolute Gasteiger partial charge is 0.481 e. The number of aliphatic carboxylic acids is 1. The molecule has 92 valence electrons. The molecule has 0 saturated heterocycles. The van der Waals surface area contributed by atoms with Crippen molar-refractivity contribution in [3.8, 4) is 0 Å². The molecule has 1 rings (SSSR count). The summed E-state index contributed by atoms with van der Waals surface area (Å²) in [4.78, 5) is 21.6. The van der Waals surface area contributed by atoms with Crippen molar-refractivity contribution < 1.29 is 19.4 Å². The van der Waals surface area contributed by atoms with E-state index in [-0.39, 0.29) is 31.1 Å². The Labute approximate surface area is 94.3 Å². The average molecular weight is 230 g/mol. The normalized spacial score (nSPS) is 24.1. The lowest BCUT2D eigenvalue weighted by molar-refractivity contribution is -0.136. The number of methoxy groups -OCH3 is 1. The summed E-state index contributed by atoms with van der Waals surface area (Å²) in [6, 6.07) is -0.287. The molecule has 1 fully saturated rings. The molecule has 0 aromatic heterocycles. The maximum absolute atomic E-state index is 11.4. The molecule has 2 amide bonds. The van der Waals surface area contributed by atoms with E-state index in [1.807, 2.05) is 0 Å². The number of nitrogens with one attached hydrogen (secondary N) is 2. The number of carbonyl (C=O) groups is 2. The van der Waals surface area contributed by atoms with Crippen LogP contribution in [-0.4, -0.2) is 42.9 Å². The molecule has 0 aromatic rings. The molecule has 1 saturated carbocycles. The van der Waals surface area contributed by atoms with Gasteiger partial charge in [-0.15, -0.1) is 0 Å². The quantitative estimate of drug-likeness (QED) is 0.635. The van der Waals surface area contributed by atoms with E-state index in [4.69, 9.17) is 9.84 Å². The molecule has 1 aliphatic carbocycles. The SMILES string of the molecule is COC1CCCC1NC(=O)NCCC(=O)O. The molecular formula is C10H18N2O4. The lowest BCUT2D eigenvalue weighted by Crippen LogP contribution is -2.46. The number of amides is 2. The van der Waals surface area contributed by atoms with Crippen molar-refractivity contribution in [2.45, 2.75) is 37.8 Å². The average Bonchev–Trinajstić information content (AvgIpc) is 2.64. The van der Waals surface area contributed by atoms with Crippen molar-refractivity contribution in [3.63, 3.8) is 0 Å². The van der Waals surface area contributed by atoms with Crippen LogP contribution in [0.5, 0.6) is 0 Å². The molecule has 3 N–H and O–H groups in total. The van der Waals surface area contributed by atoms with Crippen LogP contribution in [0.1, 0.15) is 25.7 Å². The molecule has 0 aromatic carbocycles. The van der Waals surface area contributed by atoms with Gasteiger partial charge in [0.1, 0.15) is 0 Å². The number of rotatable bonds is 5. The molecule has 6 nitrogen and oxygen atoms in total. The third-order valence-corrected chi connectivity index (χ3v) is 2.70. The van der Waals surface area contributed by atoms with E-state index in [2.05, 4.69) is 10.6 Å². The minimum absolute atomic E-state index is 0.0369. The fourth-order valence-electron chi connectivity index (χ4n) is 1.88. The topological polar surface area (TPSA) is 87.7 Å². The summed E-state index contributed by atoms with van der Waals surface area (Å²) in [6.07, 6.45) is 2.91. The van der Waals surface area contributed by atoms with E-state index in [1.54, 1.807) is 7.11 Å². The Morgan fingerprint density at radius 1 is 1.44 bits per heavy atom. The maximum Gasteiger partial charge on any atom is 0.315 e. The zero-order valence-electron chi connectivity index (χ0n) is 9.36. The van der Waals surface area contributed by atoms with Gasteiger partial charge in [0.25, 0.3) is 0 Å². The Hall–Kier alpha value is -1.30. The van der Waals surface area contributed by atoms with E-state index in [1.165, 1.54) is 0 Å². The molecule has 0 bridgehead atoms. The van der Waals surface area contributed by atoms with Gasteiger partial charge in [0.15, 0.2) is 0 Å². The minimum Gasteiger partial charge on any atom is -0.481 e. The van der Waals surface area contributed by atoms with Crippen LogP contribution in [0.2, 0.25) is 0 Å². The van der Waals surface area contributed by atoms with Crippen LogP contribution in [0, 0.1) is 0 Å². The molecule has 2 atom stereocenters. The second kappa shape index (κ2) is 6.32. The predicted octanol–water partition coefficient (Wildman–Crippen LogP) is 0.328. The molecule has 16 heavy (non-hydrogen) atoms. The van der Waals surface area contributed by atoms with E-state index >= 15 is 0 Å². The molecule has 2 unspecified atom stereocenters. The van der Waals surface area contributed by atoms with Gasteiger partial charge in [0, 0.05) is 13.7 Å². The number of carboxylic acids is 1. The number of hydrogen-bond donors (Lipinski definition) is 3. The van der Waals surface area contributed by atoms with Gasteiger partial charge in [-0.3, -0.25) is 4.79 Å². The van der Waals surface area contributed by atoms with Gasteiger partial charge < -0.3 is 20.5 Å². The first kappa shape index (κ1) is 12.8. The van der Waals surface area contributed by atoms with Crippen LogP contribution in [0.25, 0.3) is 0 Å². The van der Waals surface area contributed by atoms with Crippen molar-refractivity contribution in [2.75, 3.05) is 13.7 Å². The maximum atomic E-state index is 11.4. The van der Waals surface area contributed by atoms with E-state index in [9.17, 15) is 9.59 Å². The molecule has 0 aliphatic heterocycles. The van der Waals surface area contributed by atoms with Gasteiger partial charge in [-0.05, 0) is 19.3 Å². The number of ether oxygens (including phenoxy) is 1. The van der Waals surface area contributed by atoms with Crippen molar-refractivity contribution in [2.24, 2.45) is 0 Å². The number of hydrogen-bond acceptors (Lipinski definition) is 3. The van der Waals surface area contributed by atoms with Crippen molar-refractivity contribution in [1.82, 2.24) is 10.6 Å². The van der Waals surface area contributed by atoms with Crippen molar-refractivity contribution >= 4 is 12.0 Å². The minimum atomic E-state index is -0.920. The number of carboxylic acid groups (broad SMARTS) is 1. The highest BCUT2D eigenvalue weighted by atomic mass is 16.5. The number of carbonyl (C=O) groups excluding carboxylic acids is 1. The number of urea groups is 1. The molecule has 0 radical (unpaired) electrons. The summed E-state index contributed by atoms with van der Waals surface area (Å²) >= 11 is 0.